The van der Waals surface area contributed by atoms with Crippen molar-refractivity contribution in [3.8, 4) is 45.9 Å². The van der Waals surface area contributed by atoms with Crippen molar-refractivity contribution in [3.05, 3.63) is 72.3 Å². The molecule has 0 radical (unpaired) electrons. The molecule has 30 heavy (non-hydrogen) atoms. The van der Waals surface area contributed by atoms with Crippen LogP contribution in [-0.2, 0) is 6.61 Å². The van der Waals surface area contributed by atoms with Crippen molar-refractivity contribution < 1.29 is 23.4 Å². The molecule has 7 nitrogen and oxygen atoms in total. The second-order valence-electron chi connectivity index (χ2n) is 6.64. The first-order valence-electron chi connectivity index (χ1n) is 9.38. The molecule has 0 bridgehead atoms. The summed E-state index contributed by atoms with van der Waals surface area (Å²) in [6.07, 6.45) is 0. The van der Waals surface area contributed by atoms with Crippen LogP contribution in [0.5, 0.6) is 23.0 Å². The Labute approximate surface area is 172 Å². The number of nitrogens with zero attached hydrogens (tertiary/aromatic N) is 2. The third-order valence-electron chi connectivity index (χ3n) is 4.71. The van der Waals surface area contributed by atoms with Crippen LogP contribution in [0, 0.1) is 0 Å². The molecule has 150 valence electrons. The number of ether oxygens (including phenoxy) is 4. The van der Waals surface area contributed by atoms with Crippen LogP contribution in [0.4, 0.5) is 0 Å². The van der Waals surface area contributed by atoms with Gasteiger partial charge in [0.15, 0.2) is 11.5 Å². The van der Waals surface area contributed by atoms with Crippen LogP contribution >= 0.6 is 0 Å². The number of hydrogen-bond donors (Lipinski definition) is 0. The van der Waals surface area contributed by atoms with E-state index in [-0.39, 0.29) is 6.79 Å². The quantitative estimate of drug-likeness (QED) is 0.462. The van der Waals surface area contributed by atoms with E-state index in [2.05, 4.69) is 10.2 Å². The molecular weight excluding hydrogens is 384 g/mol. The summed E-state index contributed by atoms with van der Waals surface area (Å²) >= 11 is 0. The highest BCUT2D eigenvalue weighted by atomic mass is 16.7. The fourth-order valence-electron chi connectivity index (χ4n) is 3.07. The van der Waals surface area contributed by atoms with Crippen LogP contribution in [-0.4, -0.2) is 24.1 Å². The fourth-order valence-corrected chi connectivity index (χ4v) is 3.07. The molecule has 0 aliphatic carbocycles. The molecule has 0 N–H and O–H groups in total. The van der Waals surface area contributed by atoms with Gasteiger partial charge in [-0.15, -0.1) is 10.2 Å². The predicted molar refractivity (Wildman–Crippen MR) is 109 cm³/mol. The van der Waals surface area contributed by atoms with Gasteiger partial charge in [-0.2, -0.15) is 0 Å². The number of methoxy groups -OCH3 is 1. The van der Waals surface area contributed by atoms with E-state index in [9.17, 15) is 0 Å². The van der Waals surface area contributed by atoms with Gasteiger partial charge in [0.05, 0.1) is 7.11 Å². The highest BCUT2D eigenvalue weighted by Gasteiger charge is 2.17. The first-order chi connectivity index (χ1) is 14.8. The average molecular weight is 402 g/mol. The molecule has 1 aromatic heterocycles. The Morgan fingerprint density at radius 3 is 2.20 bits per heavy atom. The molecular formula is C23H18N2O5. The zero-order valence-electron chi connectivity index (χ0n) is 16.2. The first kappa shape index (κ1) is 18.1. The van der Waals surface area contributed by atoms with E-state index in [1.54, 1.807) is 7.11 Å². The van der Waals surface area contributed by atoms with E-state index in [0.29, 0.717) is 29.9 Å². The molecule has 0 saturated carbocycles. The topological polar surface area (TPSA) is 75.8 Å². The largest absolute Gasteiger partial charge is 0.497 e. The normalized spacial score (nSPS) is 12.0. The average Bonchev–Trinajstić information content (AvgIpc) is 3.47. The van der Waals surface area contributed by atoms with Crippen molar-refractivity contribution in [2.24, 2.45) is 0 Å². The number of rotatable bonds is 6. The molecule has 4 aromatic rings. The Morgan fingerprint density at radius 1 is 0.767 bits per heavy atom. The summed E-state index contributed by atoms with van der Waals surface area (Å²) in [4.78, 5) is 0. The molecule has 1 aliphatic heterocycles. The zero-order valence-corrected chi connectivity index (χ0v) is 16.2. The second-order valence-corrected chi connectivity index (χ2v) is 6.64. The van der Waals surface area contributed by atoms with Gasteiger partial charge in [0.1, 0.15) is 18.1 Å². The minimum atomic E-state index is 0.225. The van der Waals surface area contributed by atoms with E-state index in [1.165, 1.54) is 0 Å². The van der Waals surface area contributed by atoms with Crippen molar-refractivity contribution >= 4 is 0 Å². The summed E-state index contributed by atoms with van der Waals surface area (Å²) in [7, 11) is 1.64. The summed E-state index contributed by atoms with van der Waals surface area (Å²) in [5, 5.41) is 8.32. The van der Waals surface area contributed by atoms with Crippen molar-refractivity contribution in [3.63, 3.8) is 0 Å². The Balaban J connectivity index is 1.26. The maximum absolute atomic E-state index is 5.84. The standard InChI is InChI=1S/C23H18N2O5/c1-26-18-7-9-19(10-8-18)27-13-15-2-4-16(5-3-15)22-24-25-23(30-22)17-6-11-20-21(12-17)29-14-28-20/h2-12H,13-14H2,1H3. The molecule has 0 spiro atoms. The van der Waals surface area contributed by atoms with Crippen molar-refractivity contribution in [1.82, 2.24) is 10.2 Å². The van der Waals surface area contributed by atoms with Gasteiger partial charge in [0, 0.05) is 11.1 Å². The van der Waals surface area contributed by atoms with Crippen LogP contribution in [0.1, 0.15) is 5.56 Å². The maximum Gasteiger partial charge on any atom is 0.248 e. The molecule has 0 amide bonds. The van der Waals surface area contributed by atoms with Crippen molar-refractivity contribution in [2.45, 2.75) is 6.61 Å². The Bertz CT molecular complexity index is 1150. The number of fused-ring (bicyclic) bond motifs is 1. The Kier molecular flexibility index (Phi) is 4.69. The van der Waals surface area contributed by atoms with E-state index in [0.717, 1.165) is 28.2 Å². The van der Waals surface area contributed by atoms with E-state index < -0.39 is 0 Å². The molecule has 0 fully saturated rings. The predicted octanol–water partition coefficient (Wildman–Crippen LogP) is 4.72. The summed E-state index contributed by atoms with van der Waals surface area (Å²) < 4.78 is 27.5. The highest BCUT2D eigenvalue weighted by molar-refractivity contribution is 5.62. The Hall–Kier alpha value is -4.00. The van der Waals surface area contributed by atoms with Crippen molar-refractivity contribution in [2.75, 3.05) is 13.9 Å². The van der Waals surface area contributed by atoms with Gasteiger partial charge < -0.3 is 23.4 Å². The van der Waals surface area contributed by atoms with Gasteiger partial charge in [0.25, 0.3) is 0 Å². The van der Waals surface area contributed by atoms with Gasteiger partial charge in [-0.3, -0.25) is 0 Å². The van der Waals surface area contributed by atoms with Crippen LogP contribution < -0.4 is 18.9 Å². The van der Waals surface area contributed by atoms with E-state index in [4.69, 9.17) is 23.4 Å². The summed E-state index contributed by atoms with van der Waals surface area (Å²) in [5.74, 6) is 3.84. The van der Waals surface area contributed by atoms with Crippen molar-refractivity contribution in [1.29, 1.82) is 0 Å². The molecule has 7 heteroatoms. The Morgan fingerprint density at radius 2 is 1.43 bits per heavy atom. The lowest BCUT2D eigenvalue weighted by Gasteiger charge is -2.07. The summed E-state index contributed by atoms with van der Waals surface area (Å²) in [5.41, 5.74) is 2.65. The van der Waals surface area contributed by atoms with Crippen LogP contribution in [0.3, 0.4) is 0 Å². The smallest absolute Gasteiger partial charge is 0.248 e. The third-order valence-corrected chi connectivity index (χ3v) is 4.71. The summed E-state index contributed by atoms with van der Waals surface area (Å²) in [6, 6.07) is 20.8. The SMILES string of the molecule is COc1ccc(OCc2ccc(-c3nnc(-c4ccc5c(c4)OCO5)o3)cc2)cc1. The minimum Gasteiger partial charge on any atom is -0.497 e. The van der Waals surface area contributed by atoms with Gasteiger partial charge in [-0.1, -0.05) is 12.1 Å². The first-order valence-corrected chi connectivity index (χ1v) is 9.38. The number of benzene rings is 3. The highest BCUT2D eigenvalue weighted by Crippen LogP contribution is 2.36. The molecule has 5 rings (SSSR count). The van der Waals surface area contributed by atoms with Gasteiger partial charge in [0.2, 0.25) is 18.6 Å². The lowest BCUT2D eigenvalue weighted by molar-refractivity contribution is 0.174. The number of aromatic nitrogens is 2. The molecule has 0 saturated heterocycles. The molecule has 3 aromatic carbocycles. The third kappa shape index (κ3) is 3.65. The van der Waals surface area contributed by atoms with E-state index >= 15 is 0 Å². The minimum absolute atomic E-state index is 0.225. The maximum atomic E-state index is 5.84. The molecule has 0 unspecified atom stereocenters. The van der Waals surface area contributed by atoms with Gasteiger partial charge in [-0.05, 0) is 60.2 Å². The lowest BCUT2D eigenvalue weighted by atomic mass is 10.1. The molecule has 2 heterocycles. The van der Waals surface area contributed by atoms with Gasteiger partial charge >= 0.3 is 0 Å². The lowest BCUT2D eigenvalue weighted by Crippen LogP contribution is -1.95. The van der Waals surface area contributed by atoms with Gasteiger partial charge in [-0.25, -0.2) is 0 Å². The monoisotopic (exact) mass is 402 g/mol. The zero-order chi connectivity index (χ0) is 20.3. The van der Waals surface area contributed by atoms with Crippen LogP contribution in [0.2, 0.25) is 0 Å². The van der Waals surface area contributed by atoms with Crippen LogP contribution in [0.15, 0.2) is 71.1 Å². The number of hydrogen-bond acceptors (Lipinski definition) is 7. The second kappa shape index (κ2) is 7.79. The molecule has 1 aliphatic rings. The molecule has 0 atom stereocenters. The fraction of sp³-hybridized carbons (Fsp3) is 0.130. The van der Waals surface area contributed by atoms with Crippen LogP contribution in [0.25, 0.3) is 22.9 Å². The van der Waals surface area contributed by atoms with E-state index in [1.807, 2.05) is 66.7 Å². The summed E-state index contributed by atoms with van der Waals surface area (Å²) in [6.45, 7) is 0.682.